The van der Waals surface area contributed by atoms with Crippen LogP contribution in [0.2, 0.25) is 0 Å². The minimum Gasteiger partial charge on any atom is -0.422 e. The maximum absolute atomic E-state index is 12.1. The van der Waals surface area contributed by atoms with Crippen LogP contribution < -0.4 is 15.7 Å². The zero-order valence-electron chi connectivity index (χ0n) is 15.2. The SMILES string of the molecule is Cc1cc(NC(=O)CCCCNS(=O)(=O)C(C)C)cc2ccc(=O)oc12. The maximum Gasteiger partial charge on any atom is 0.336 e. The Morgan fingerprint density at radius 2 is 1.92 bits per heavy atom. The van der Waals surface area contributed by atoms with Crippen LogP contribution in [0, 0.1) is 6.92 Å². The molecule has 2 N–H and O–H groups in total. The van der Waals surface area contributed by atoms with Gasteiger partial charge in [-0.1, -0.05) is 0 Å². The molecule has 0 atom stereocenters. The van der Waals surface area contributed by atoms with Crippen LogP contribution in [0.5, 0.6) is 0 Å². The van der Waals surface area contributed by atoms with Gasteiger partial charge >= 0.3 is 5.63 Å². The fraction of sp³-hybridized carbons (Fsp3) is 0.444. The Hall–Kier alpha value is -2.19. The average molecular weight is 380 g/mol. The molecular formula is C18H24N2O5S. The monoisotopic (exact) mass is 380 g/mol. The number of rotatable bonds is 8. The number of sulfonamides is 1. The van der Waals surface area contributed by atoms with Crippen LogP contribution in [0.4, 0.5) is 5.69 Å². The molecule has 2 rings (SSSR count). The number of unbranched alkanes of at least 4 members (excludes halogenated alkanes) is 1. The van der Waals surface area contributed by atoms with Gasteiger partial charge in [0.1, 0.15) is 5.58 Å². The van der Waals surface area contributed by atoms with Crippen molar-refractivity contribution in [2.75, 3.05) is 11.9 Å². The van der Waals surface area contributed by atoms with Crippen molar-refractivity contribution in [2.24, 2.45) is 0 Å². The summed E-state index contributed by atoms with van der Waals surface area (Å²) < 4.78 is 30.9. The number of hydrogen-bond donors (Lipinski definition) is 2. The molecule has 0 fully saturated rings. The summed E-state index contributed by atoms with van der Waals surface area (Å²) in [4.78, 5) is 23.3. The highest BCUT2D eigenvalue weighted by Crippen LogP contribution is 2.22. The van der Waals surface area contributed by atoms with Gasteiger partial charge in [-0.2, -0.15) is 0 Å². The van der Waals surface area contributed by atoms with Crippen LogP contribution in [0.1, 0.15) is 38.7 Å². The van der Waals surface area contributed by atoms with Crippen molar-refractivity contribution >= 4 is 32.6 Å². The normalized spacial score (nSPS) is 11.8. The van der Waals surface area contributed by atoms with Gasteiger partial charge in [-0.3, -0.25) is 4.79 Å². The summed E-state index contributed by atoms with van der Waals surface area (Å²) in [6, 6.07) is 6.50. The zero-order chi connectivity index (χ0) is 19.3. The minimum absolute atomic E-state index is 0.146. The van der Waals surface area contributed by atoms with Crippen molar-refractivity contribution < 1.29 is 17.6 Å². The number of amides is 1. The van der Waals surface area contributed by atoms with Gasteiger partial charge in [0, 0.05) is 30.1 Å². The summed E-state index contributed by atoms with van der Waals surface area (Å²) in [5, 5.41) is 3.09. The first-order chi connectivity index (χ1) is 12.2. The first-order valence-electron chi connectivity index (χ1n) is 8.52. The Kier molecular flexibility index (Phi) is 6.55. The lowest BCUT2D eigenvalue weighted by atomic mass is 10.1. The van der Waals surface area contributed by atoms with Crippen molar-refractivity contribution in [1.82, 2.24) is 4.72 Å². The molecule has 26 heavy (non-hydrogen) atoms. The van der Waals surface area contributed by atoms with E-state index in [2.05, 4.69) is 10.0 Å². The van der Waals surface area contributed by atoms with Gasteiger partial charge in [-0.15, -0.1) is 0 Å². The molecule has 0 aliphatic rings. The number of anilines is 1. The highest BCUT2D eigenvalue weighted by atomic mass is 32.2. The third kappa shape index (κ3) is 5.40. The average Bonchev–Trinajstić information content (AvgIpc) is 2.55. The van der Waals surface area contributed by atoms with E-state index in [1.54, 1.807) is 32.0 Å². The summed E-state index contributed by atoms with van der Waals surface area (Å²) >= 11 is 0. The Morgan fingerprint density at radius 3 is 2.62 bits per heavy atom. The Labute approximate surface area is 152 Å². The first kappa shape index (κ1) is 20.1. The molecule has 8 heteroatoms. The van der Waals surface area contributed by atoms with Crippen LogP contribution in [0.3, 0.4) is 0 Å². The van der Waals surface area contributed by atoms with E-state index in [4.69, 9.17) is 4.42 Å². The van der Waals surface area contributed by atoms with E-state index in [1.165, 1.54) is 6.07 Å². The summed E-state index contributed by atoms with van der Waals surface area (Å²) in [6.45, 7) is 5.36. The van der Waals surface area contributed by atoms with Gasteiger partial charge in [-0.25, -0.2) is 17.9 Å². The van der Waals surface area contributed by atoms with E-state index in [0.29, 0.717) is 37.1 Å². The topological polar surface area (TPSA) is 105 Å². The number of carbonyl (C=O) groups is 1. The largest absolute Gasteiger partial charge is 0.422 e. The second kappa shape index (κ2) is 8.46. The Morgan fingerprint density at radius 1 is 1.19 bits per heavy atom. The van der Waals surface area contributed by atoms with E-state index >= 15 is 0 Å². The van der Waals surface area contributed by atoms with Crippen molar-refractivity contribution in [3.05, 3.63) is 40.2 Å². The molecule has 0 spiro atoms. The molecule has 0 aliphatic heterocycles. The molecule has 142 valence electrons. The molecule has 1 aromatic carbocycles. The molecule has 0 unspecified atom stereocenters. The van der Waals surface area contributed by atoms with E-state index in [9.17, 15) is 18.0 Å². The van der Waals surface area contributed by atoms with Crippen molar-refractivity contribution in [2.45, 2.75) is 45.3 Å². The van der Waals surface area contributed by atoms with Gasteiger partial charge in [0.15, 0.2) is 0 Å². The first-order valence-corrected chi connectivity index (χ1v) is 10.1. The highest BCUT2D eigenvalue weighted by Gasteiger charge is 2.14. The molecule has 0 saturated carbocycles. The predicted octanol–water partition coefficient (Wildman–Crippen LogP) is 2.54. The molecule has 0 saturated heterocycles. The lowest BCUT2D eigenvalue weighted by molar-refractivity contribution is -0.116. The van der Waals surface area contributed by atoms with Crippen LogP contribution in [0.25, 0.3) is 11.0 Å². The van der Waals surface area contributed by atoms with Gasteiger partial charge in [0.05, 0.1) is 5.25 Å². The van der Waals surface area contributed by atoms with Gasteiger partial charge in [0.25, 0.3) is 0 Å². The van der Waals surface area contributed by atoms with Crippen molar-refractivity contribution in [3.63, 3.8) is 0 Å². The van der Waals surface area contributed by atoms with E-state index in [-0.39, 0.29) is 5.91 Å². The van der Waals surface area contributed by atoms with Crippen LogP contribution in [-0.4, -0.2) is 26.1 Å². The second-order valence-electron chi connectivity index (χ2n) is 6.46. The third-order valence-electron chi connectivity index (χ3n) is 3.94. The molecule has 2 aromatic rings. The van der Waals surface area contributed by atoms with Gasteiger partial charge in [-0.05, 0) is 57.4 Å². The molecule has 1 amide bonds. The van der Waals surface area contributed by atoms with Crippen LogP contribution in [0.15, 0.2) is 33.5 Å². The molecular weight excluding hydrogens is 356 g/mol. The molecule has 0 bridgehead atoms. The van der Waals surface area contributed by atoms with E-state index < -0.39 is 20.9 Å². The van der Waals surface area contributed by atoms with E-state index in [0.717, 1.165) is 10.9 Å². The number of carbonyl (C=O) groups excluding carboxylic acids is 1. The summed E-state index contributed by atoms with van der Waals surface area (Å²) in [5.74, 6) is -0.146. The maximum atomic E-state index is 12.1. The Balaban J connectivity index is 1.86. The predicted molar refractivity (Wildman–Crippen MR) is 102 cm³/mol. The molecule has 1 heterocycles. The fourth-order valence-corrected chi connectivity index (χ4v) is 3.21. The van der Waals surface area contributed by atoms with Crippen LogP contribution >= 0.6 is 0 Å². The van der Waals surface area contributed by atoms with Gasteiger partial charge < -0.3 is 9.73 Å². The number of aryl methyl sites for hydroxylation is 1. The standard InChI is InChI=1S/C18H24N2O5S/c1-12(2)26(23,24)19-9-5-4-6-16(21)20-15-10-13(3)18-14(11-15)7-8-17(22)25-18/h7-8,10-12,19H,4-6,9H2,1-3H3,(H,20,21). The van der Waals surface area contributed by atoms with Crippen molar-refractivity contribution in [3.8, 4) is 0 Å². The third-order valence-corrected chi connectivity index (χ3v) is 5.79. The number of benzene rings is 1. The number of fused-ring (bicyclic) bond motifs is 1. The smallest absolute Gasteiger partial charge is 0.336 e. The fourth-order valence-electron chi connectivity index (χ4n) is 2.44. The summed E-state index contributed by atoms with van der Waals surface area (Å²) in [5.41, 5.74) is 1.49. The highest BCUT2D eigenvalue weighted by molar-refractivity contribution is 7.90. The minimum atomic E-state index is -3.26. The Bertz CT molecular complexity index is 948. The summed E-state index contributed by atoms with van der Waals surface area (Å²) in [6.07, 6.45) is 1.46. The second-order valence-corrected chi connectivity index (χ2v) is 8.78. The lowest BCUT2D eigenvalue weighted by Crippen LogP contribution is -2.31. The van der Waals surface area contributed by atoms with Crippen molar-refractivity contribution in [1.29, 1.82) is 0 Å². The van der Waals surface area contributed by atoms with Crippen LogP contribution in [-0.2, 0) is 14.8 Å². The lowest BCUT2D eigenvalue weighted by Gasteiger charge is -2.10. The molecule has 1 aromatic heterocycles. The number of hydrogen-bond acceptors (Lipinski definition) is 5. The van der Waals surface area contributed by atoms with Gasteiger partial charge in [0.2, 0.25) is 15.9 Å². The zero-order valence-corrected chi connectivity index (χ0v) is 16.0. The molecule has 0 radical (unpaired) electrons. The number of nitrogens with one attached hydrogen (secondary N) is 2. The molecule has 0 aliphatic carbocycles. The quantitative estimate of drug-likeness (QED) is 0.541. The summed E-state index contributed by atoms with van der Waals surface area (Å²) in [7, 11) is -3.26. The molecule has 7 nitrogen and oxygen atoms in total. The van der Waals surface area contributed by atoms with E-state index in [1.807, 2.05) is 6.92 Å².